The van der Waals surface area contributed by atoms with E-state index in [-0.39, 0.29) is 0 Å². The van der Waals surface area contributed by atoms with Gasteiger partial charge in [-0.1, -0.05) is 18.2 Å². The monoisotopic (exact) mass is 449 g/mol. The number of nitrogens with zero attached hydrogens (tertiary/aromatic N) is 8. The molecule has 0 bridgehead atoms. The number of para-hydroxylation sites is 1. The summed E-state index contributed by atoms with van der Waals surface area (Å²) in [6.45, 7) is 0.488. The molecule has 0 aliphatic heterocycles. The number of hydrogen-bond donors (Lipinski definition) is 1. The van der Waals surface area contributed by atoms with Crippen molar-refractivity contribution in [3.8, 4) is 17.3 Å². The predicted octanol–water partition coefficient (Wildman–Crippen LogP) is 3.73. The van der Waals surface area contributed by atoms with Crippen LogP contribution in [0.4, 0.5) is 11.5 Å². The van der Waals surface area contributed by atoms with Gasteiger partial charge in [-0.05, 0) is 24.3 Å². The van der Waals surface area contributed by atoms with Crippen LogP contribution in [0, 0.1) is 0 Å². The zero-order chi connectivity index (χ0) is 22.9. The number of imidazole rings is 1. The normalized spacial score (nSPS) is 11.2. The summed E-state index contributed by atoms with van der Waals surface area (Å²) >= 11 is 0. The van der Waals surface area contributed by atoms with Crippen molar-refractivity contribution in [2.24, 2.45) is 0 Å². The summed E-state index contributed by atoms with van der Waals surface area (Å²) in [5.41, 5.74) is 3.34. The van der Waals surface area contributed by atoms with Crippen molar-refractivity contribution in [1.29, 1.82) is 0 Å². The Balaban J connectivity index is 1.42. The third-order valence-electron chi connectivity index (χ3n) is 5.39. The summed E-state index contributed by atoms with van der Waals surface area (Å²) in [6, 6.07) is 13.6. The minimum absolute atomic E-state index is 0.488. The third kappa shape index (κ3) is 3.56. The van der Waals surface area contributed by atoms with Gasteiger partial charge in [-0.3, -0.25) is 14.1 Å². The fraction of sp³-hybridized carbons (Fsp3) is 0.0833. The lowest BCUT2D eigenvalue weighted by atomic mass is 10.2. The number of rotatable bonds is 6. The lowest BCUT2D eigenvalue weighted by molar-refractivity contribution is 0.413. The summed E-state index contributed by atoms with van der Waals surface area (Å²) in [7, 11) is 1.59. The van der Waals surface area contributed by atoms with Crippen LogP contribution in [0.15, 0.2) is 79.6 Å². The number of fused-ring (bicyclic) bond motifs is 2. The van der Waals surface area contributed by atoms with E-state index in [2.05, 4.69) is 25.3 Å². The molecule has 0 saturated carbocycles. The average Bonchev–Trinajstić information content (AvgIpc) is 3.46. The molecule has 166 valence electrons. The van der Waals surface area contributed by atoms with Crippen molar-refractivity contribution in [2.75, 3.05) is 12.4 Å². The molecule has 5 aromatic heterocycles. The Hall–Kier alpha value is -4.86. The van der Waals surface area contributed by atoms with Crippen LogP contribution in [0.2, 0.25) is 0 Å². The molecule has 6 rings (SSSR count). The second-order valence-corrected chi connectivity index (χ2v) is 7.55. The van der Waals surface area contributed by atoms with E-state index in [1.807, 2.05) is 63.9 Å². The molecule has 34 heavy (non-hydrogen) atoms. The molecule has 6 aromatic rings. The van der Waals surface area contributed by atoms with Crippen LogP contribution < -0.4 is 10.1 Å². The summed E-state index contributed by atoms with van der Waals surface area (Å²) < 4.78 is 9.27. The first kappa shape index (κ1) is 19.8. The number of nitrogens with one attached hydrogen (secondary N) is 1. The fourth-order valence-corrected chi connectivity index (χ4v) is 3.82. The van der Waals surface area contributed by atoms with Crippen molar-refractivity contribution in [3.63, 3.8) is 0 Å². The molecule has 0 spiro atoms. The van der Waals surface area contributed by atoms with Crippen LogP contribution in [0.25, 0.3) is 28.2 Å². The maximum atomic E-state index is 5.46. The molecule has 0 saturated heterocycles. The maximum Gasteiger partial charge on any atom is 0.233 e. The summed E-state index contributed by atoms with van der Waals surface area (Å²) in [6.07, 6.45) is 10.7. The molecule has 10 nitrogen and oxygen atoms in total. The number of benzene rings is 1. The van der Waals surface area contributed by atoms with Crippen LogP contribution in [0.5, 0.6) is 5.75 Å². The van der Waals surface area contributed by atoms with Gasteiger partial charge < -0.3 is 10.1 Å². The summed E-state index contributed by atoms with van der Waals surface area (Å²) in [5.74, 6) is 2.22. The minimum atomic E-state index is 0.488. The van der Waals surface area contributed by atoms with Gasteiger partial charge in [-0.2, -0.15) is 5.10 Å². The quantitative estimate of drug-likeness (QED) is 0.410. The van der Waals surface area contributed by atoms with Crippen LogP contribution in [-0.4, -0.2) is 46.2 Å². The molecule has 10 heteroatoms. The zero-order valence-corrected chi connectivity index (χ0v) is 18.2. The van der Waals surface area contributed by atoms with E-state index in [0.29, 0.717) is 35.4 Å². The van der Waals surface area contributed by atoms with Crippen molar-refractivity contribution < 1.29 is 4.74 Å². The highest BCUT2D eigenvalue weighted by Crippen LogP contribution is 2.30. The highest BCUT2D eigenvalue weighted by Gasteiger charge is 2.18. The number of aromatic nitrogens is 8. The van der Waals surface area contributed by atoms with Crippen molar-refractivity contribution >= 4 is 28.2 Å². The van der Waals surface area contributed by atoms with Gasteiger partial charge in [0, 0.05) is 42.1 Å². The topological polar surface area (TPSA) is 108 Å². The van der Waals surface area contributed by atoms with E-state index in [4.69, 9.17) is 14.8 Å². The van der Waals surface area contributed by atoms with Crippen LogP contribution in [0.3, 0.4) is 0 Å². The molecule has 0 aliphatic rings. The Labute approximate surface area is 194 Å². The van der Waals surface area contributed by atoms with E-state index in [1.165, 1.54) is 0 Å². The van der Waals surface area contributed by atoms with Crippen LogP contribution in [0.1, 0.15) is 5.69 Å². The second-order valence-electron chi connectivity index (χ2n) is 7.55. The lowest BCUT2D eigenvalue weighted by Gasteiger charge is -2.10. The Morgan fingerprint density at radius 2 is 1.85 bits per heavy atom. The first-order valence-corrected chi connectivity index (χ1v) is 10.6. The van der Waals surface area contributed by atoms with Gasteiger partial charge >= 0.3 is 0 Å². The standard InChI is InChI=1S/C24H19N9O/c1-34-20-13-27-23(30-22(20)28-16-7-10-25-11-8-16)21-18-5-2-3-6-19(18)33(31-21)15-17-14-32-12-4-9-26-24(32)29-17/h2-14H,15H2,1H3,(H,25,27,28,30). The van der Waals surface area contributed by atoms with Gasteiger partial charge in [0.25, 0.3) is 0 Å². The van der Waals surface area contributed by atoms with Crippen molar-refractivity contribution in [1.82, 2.24) is 39.1 Å². The number of anilines is 2. The van der Waals surface area contributed by atoms with Crippen LogP contribution >= 0.6 is 0 Å². The number of hydrogen-bond acceptors (Lipinski definition) is 8. The average molecular weight is 449 g/mol. The molecule has 1 aromatic carbocycles. The number of ether oxygens (including phenoxy) is 1. The largest absolute Gasteiger partial charge is 0.491 e. The highest BCUT2D eigenvalue weighted by atomic mass is 16.5. The second kappa shape index (κ2) is 8.24. The Kier molecular flexibility index (Phi) is 4.80. The van der Waals surface area contributed by atoms with E-state index in [0.717, 1.165) is 22.3 Å². The van der Waals surface area contributed by atoms with Gasteiger partial charge in [0.05, 0.1) is 31.1 Å². The van der Waals surface area contributed by atoms with E-state index in [1.54, 1.807) is 31.9 Å². The van der Waals surface area contributed by atoms with E-state index < -0.39 is 0 Å². The Bertz CT molecular complexity index is 1570. The summed E-state index contributed by atoms with van der Waals surface area (Å²) in [4.78, 5) is 22.2. The molecule has 1 N–H and O–H groups in total. The first-order valence-electron chi connectivity index (χ1n) is 10.6. The highest BCUT2D eigenvalue weighted by molar-refractivity contribution is 5.92. The SMILES string of the molecule is COc1cnc(-c2nn(Cc3cn4cccnc4n3)c3ccccc23)nc1Nc1ccncc1. The first-order chi connectivity index (χ1) is 16.8. The van der Waals surface area contributed by atoms with Crippen LogP contribution in [-0.2, 0) is 6.54 Å². The van der Waals surface area contributed by atoms with Gasteiger partial charge in [-0.15, -0.1) is 0 Å². The molecule has 0 amide bonds. The zero-order valence-electron chi connectivity index (χ0n) is 18.2. The van der Waals surface area contributed by atoms with E-state index in [9.17, 15) is 0 Å². The predicted molar refractivity (Wildman–Crippen MR) is 127 cm³/mol. The minimum Gasteiger partial charge on any atom is -0.491 e. The number of methoxy groups -OCH3 is 1. The van der Waals surface area contributed by atoms with E-state index >= 15 is 0 Å². The molecule has 0 atom stereocenters. The Morgan fingerprint density at radius 3 is 2.71 bits per heavy atom. The molecule has 0 fully saturated rings. The molecular weight excluding hydrogens is 430 g/mol. The van der Waals surface area contributed by atoms with Gasteiger partial charge in [0.1, 0.15) is 5.69 Å². The Morgan fingerprint density at radius 1 is 0.971 bits per heavy atom. The molecule has 5 heterocycles. The summed E-state index contributed by atoms with van der Waals surface area (Å²) in [5, 5.41) is 9.09. The molecule has 0 radical (unpaired) electrons. The molecule has 0 unspecified atom stereocenters. The lowest BCUT2D eigenvalue weighted by Crippen LogP contribution is -2.03. The van der Waals surface area contributed by atoms with Crippen molar-refractivity contribution in [2.45, 2.75) is 6.54 Å². The smallest absolute Gasteiger partial charge is 0.233 e. The van der Waals surface area contributed by atoms with Gasteiger partial charge in [-0.25, -0.2) is 19.9 Å². The van der Waals surface area contributed by atoms with Gasteiger partial charge in [0.15, 0.2) is 17.4 Å². The number of pyridine rings is 1. The molecular formula is C24H19N9O. The van der Waals surface area contributed by atoms with Crippen molar-refractivity contribution in [3.05, 3.63) is 85.3 Å². The van der Waals surface area contributed by atoms with Gasteiger partial charge in [0.2, 0.25) is 5.78 Å². The third-order valence-corrected chi connectivity index (χ3v) is 5.39. The maximum absolute atomic E-state index is 5.46. The fourth-order valence-electron chi connectivity index (χ4n) is 3.82. The molecule has 0 aliphatic carbocycles.